The number of aromatic nitrogens is 5. The average molecular weight is 634 g/mol. The fourth-order valence-electron chi connectivity index (χ4n) is 5.94. The molecule has 0 atom stereocenters. The number of ether oxygens (including phenoxy) is 1. The van der Waals surface area contributed by atoms with Crippen LogP contribution in [0.2, 0.25) is 0 Å². The minimum atomic E-state index is -0.156. The van der Waals surface area contributed by atoms with Gasteiger partial charge in [-0.3, -0.25) is 9.78 Å². The molecule has 1 aliphatic rings. The van der Waals surface area contributed by atoms with Crippen molar-refractivity contribution in [1.29, 1.82) is 0 Å². The van der Waals surface area contributed by atoms with E-state index in [-0.39, 0.29) is 17.9 Å². The van der Waals surface area contributed by atoms with E-state index in [4.69, 9.17) is 19.7 Å². The summed E-state index contributed by atoms with van der Waals surface area (Å²) in [6, 6.07) is 16.2. The molecule has 11 heteroatoms. The predicted molar refractivity (Wildman–Crippen MR) is 188 cm³/mol. The molecular formula is C36H43N9O2. The quantitative estimate of drug-likeness (QED) is 0.176. The summed E-state index contributed by atoms with van der Waals surface area (Å²) in [5, 5.41) is 13.2. The molecule has 5 aromatic rings. The smallest absolute Gasteiger partial charge is 0.248 e. The van der Waals surface area contributed by atoms with Crippen LogP contribution in [-0.4, -0.2) is 82.3 Å². The third kappa shape index (κ3) is 7.26. The summed E-state index contributed by atoms with van der Waals surface area (Å²) in [6.45, 7) is 7.20. The van der Waals surface area contributed by atoms with Gasteiger partial charge < -0.3 is 25.2 Å². The molecule has 6 rings (SSSR count). The van der Waals surface area contributed by atoms with Crippen molar-refractivity contribution in [2.75, 3.05) is 56.4 Å². The Hall–Kier alpha value is -4.87. The Kier molecular flexibility index (Phi) is 9.74. The van der Waals surface area contributed by atoms with Crippen molar-refractivity contribution < 1.29 is 9.53 Å². The lowest BCUT2D eigenvalue weighted by Crippen LogP contribution is -2.37. The number of anilines is 3. The molecule has 4 heterocycles. The van der Waals surface area contributed by atoms with Gasteiger partial charge in [0.25, 0.3) is 0 Å². The van der Waals surface area contributed by atoms with Gasteiger partial charge in [-0.2, -0.15) is 19.6 Å². The molecule has 1 aliphatic heterocycles. The number of amides is 1. The van der Waals surface area contributed by atoms with Crippen LogP contribution in [0, 0.1) is 0 Å². The Morgan fingerprint density at radius 3 is 2.68 bits per heavy atom. The molecule has 0 radical (unpaired) electrons. The van der Waals surface area contributed by atoms with Crippen LogP contribution in [-0.2, 0) is 16.1 Å². The number of hydrogen-bond acceptors (Lipinski definition) is 9. The van der Waals surface area contributed by atoms with Crippen LogP contribution in [0.3, 0.4) is 0 Å². The minimum Gasteiger partial charge on any atom is -0.381 e. The highest BCUT2D eigenvalue weighted by Gasteiger charge is 2.23. The maximum Gasteiger partial charge on any atom is 0.248 e. The first-order valence-electron chi connectivity index (χ1n) is 16.2. The molecule has 2 N–H and O–H groups in total. The van der Waals surface area contributed by atoms with Gasteiger partial charge in [0.05, 0.1) is 18.0 Å². The molecule has 47 heavy (non-hydrogen) atoms. The van der Waals surface area contributed by atoms with Crippen molar-refractivity contribution in [3.8, 4) is 11.3 Å². The van der Waals surface area contributed by atoms with E-state index in [1.807, 2.05) is 78.4 Å². The Bertz CT molecular complexity index is 1890. The van der Waals surface area contributed by atoms with Crippen molar-refractivity contribution >= 4 is 39.9 Å². The van der Waals surface area contributed by atoms with Gasteiger partial charge in [-0.1, -0.05) is 50.3 Å². The van der Waals surface area contributed by atoms with Crippen molar-refractivity contribution in [3.05, 3.63) is 84.2 Å². The second kappa shape index (κ2) is 14.3. The minimum absolute atomic E-state index is 0.156. The second-order valence-corrected chi connectivity index (χ2v) is 12.5. The number of benzene rings is 2. The standard InChI is InChI=1S/C36H43N9O2/c1-24(2)31-23-39-45-34(31)41-36(44-19-15-28(47-5)16-20-44)42-35(45)38-22-26-9-6-7-10-29(26)33-30-13-12-27(21-25(30)14-17-37-33)40-32(46)11-8-18-43(3)4/h6-14,17,21,23-24,28H,15-16,18-20,22H2,1-5H3,(H,40,46)(H,38,41,42)/b11-8+. The molecule has 11 nitrogen and oxygen atoms in total. The number of methoxy groups -OCH3 is 1. The van der Waals surface area contributed by atoms with E-state index in [0.717, 1.165) is 70.4 Å². The Balaban J connectivity index is 1.27. The highest BCUT2D eigenvalue weighted by molar-refractivity contribution is 6.02. The van der Waals surface area contributed by atoms with E-state index in [1.165, 1.54) is 0 Å². The third-order valence-electron chi connectivity index (χ3n) is 8.54. The van der Waals surface area contributed by atoms with E-state index in [1.54, 1.807) is 13.2 Å². The lowest BCUT2D eigenvalue weighted by Gasteiger charge is -2.31. The molecule has 1 saturated heterocycles. The number of hydrogen-bond donors (Lipinski definition) is 2. The summed E-state index contributed by atoms with van der Waals surface area (Å²) in [5.41, 5.74) is 5.61. The largest absolute Gasteiger partial charge is 0.381 e. The van der Waals surface area contributed by atoms with E-state index in [9.17, 15) is 4.79 Å². The van der Waals surface area contributed by atoms with E-state index in [2.05, 4.69) is 46.6 Å². The summed E-state index contributed by atoms with van der Waals surface area (Å²) in [6.07, 6.45) is 9.27. The zero-order chi connectivity index (χ0) is 32.9. The van der Waals surface area contributed by atoms with Crippen molar-refractivity contribution in [1.82, 2.24) is 29.5 Å². The number of nitrogens with zero attached hydrogens (tertiary/aromatic N) is 7. The highest BCUT2D eigenvalue weighted by atomic mass is 16.5. The number of piperidine rings is 1. The van der Waals surface area contributed by atoms with E-state index >= 15 is 0 Å². The molecular weight excluding hydrogens is 590 g/mol. The molecule has 2 aromatic carbocycles. The van der Waals surface area contributed by atoms with Gasteiger partial charge in [-0.15, -0.1) is 0 Å². The van der Waals surface area contributed by atoms with Gasteiger partial charge in [-0.05, 0) is 62.0 Å². The number of carbonyl (C=O) groups is 1. The van der Waals surface area contributed by atoms with Crippen molar-refractivity contribution in [3.63, 3.8) is 0 Å². The Morgan fingerprint density at radius 1 is 1.11 bits per heavy atom. The molecule has 1 fully saturated rings. The summed E-state index contributed by atoms with van der Waals surface area (Å²) in [4.78, 5) is 31.5. The van der Waals surface area contributed by atoms with E-state index in [0.29, 0.717) is 25.0 Å². The maximum absolute atomic E-state index is 12.4. The SMILES string of the molecule is COC1CCN(c2nc(NCc3ccccc3-c3nccc4cc(NC(=O)/C=C/CN(C)C)ccc34)n3ncc(C(C)C)c3n2)CC1. The number of rotatable bonds is 11. The molecule has 244 valence electrons. The first-order valence-corrected chi connectivity index (χ1v) is 16.2. The van der Waals surface area contributed by atoms with Crippen LogP contribution in [0.4, 0.5) is 17.6 Å². The fourth-order valence-corrected chi connectivity index (χ4v) is 5.94. The summed E-state index contributed by atoms with van der Waals surface area (Å²) in [5.74, 6) is 1.47. The van der Waals surface area contributed by atoms with Gasteiger partial charge in [-0.25, -0.2) is 0 Å². The molecule has 0 spiro atoms. The number of fused-ring (bicyclic) bond motifs is 2. The lowest BCUT2D eigenvalue weighted by atomic mass is 9.99. The van der Waals surface area contributed by atoms with Crippen molar-refractivity contribution in [2.24, 2.45) is 0 Å². The number of nitrogens with one attached hydrogen (secondary N) is 2. The Labute approximate surface area is 275 Å². The number of likely N-dealkylation sites (N-methyl/N-ethyl adjacent to an activating group) is 1. The zero-order valence-electron chi connectivity index (χ0n) is 27.8. The maximum atomic E-state index is 12.4. The molecule has 0 aliphatic carbocycles. The van der Waals surface area contributed by atoms with Crippen LogP contribution < -0.4 is 15.5 Å². The first-order chi connectivity index (χ1) is 22.8. The summed E-state index contributed by atoms with van der Waals surface area (Å²) in [7, 11) is 5.71. The molecule has 0 unspecified atom stereocenters. The second-order valence-electron chi connectivity index (χ2n) is 12.5. The predicted octanol–water partition coefficient (Wildman–Crippen LogP) is 5.75. The van der Waals surface area contributed by atoms with Crippen LogP contribution in [0.25, 0.3) is 27.7 Å². The molecule has 1 amide bonds. The van der Waals surface area contributed by atoms with E-state index < -0.39 is 0 Å². The third-order valence-corrected chi connectivity index (χ3v) is 8.54. The highest BCUT2D eigenvalue weighted by Crippen LogP contribution is 2.32. The topological polar surface area (TPSA) is 113 Å². The lowest BCUT2D eigenvalue weighted by molar-refractivity contribution is -0.111. The molecule has 3 aromatic heterocycles. The fraction of sp³-hybridized carbons (Fsp3) is 0.361. The molecule has 0 saturated carbocycles. The summed E-state index contributed by atoms with van der Waals surface area (Å²) >= 11 is 0. The van der Waals surface area contributed by atoms with Gasteiger partial charge in [0.15, 0.2) is 5.65 Å². The van der Waals surface area contributed by atoms with Crippen LogP contribution in [0.1, 0.15) is 43.7 Å². The average Bonchev–Trinajstić information content (AvgIpc) is 3.51. The summed E-state index contributed by atoms with van der Waals surface area (Å²) < 4.78 is 7.40. The molecule has 0 bridgehead atoms. The normalized spacial score (nSPS) is 14.2. The first kappa shape index (κ1) is 32.1. The van der Waals surface area contributed by atoms with Gasteiger partial charge >= 0.3 is 0 Å². The van der Waals surface area contributed by atoms with Crippen LogP contribution in [0.5, 0.6) is 0 Å². The Morgan fingerprint density at radius 2 is 1.91 bits per heavy atom. The van der Waals surface area contributed by atoms with Crippen molar-refractivity contribution in [2.45, 2.75) is 45.3 Å². The van der Waals surface area contributed by atoms with Crippen LogP contribution >= 0.6 is 0 Å². The van der Waals surface area contributed by atoms with Gasteiger partial charge in [0.1, 0.15) is 0 Å². The zero-order valence-corrected chi connectivity index (χ0v) is 27.8. The van der Waals surface area contributed by atoms with Crippen LogP contribution in [0.15, 0.2) is 73.1 Å². The van der Waals surface area contributed by atoms with Gasteiger partial charge in [0, 0.05) is 67.8 Å². The monoisotopic (exact) mass is 633 g/mol. The number of carbonyl (C=O) groups excluding carboxylic acids is 1. The number of pyridine rings is 1. The van der Waals surface area contributed by atoms with Gasteiger partial charge in [0.2, 0.25) is 17.8 Å².